The minimum atomic E-state index is 0.328. The average molecular weight is 211 g/mol. The number of ether oxygens (including phenoxy) is 1. The Morgan fingerprint density at radius 1 is 1.43 bits per heavy atom. The molecule has 2 aromatic heterocycles. The Balaban J connectivity index is 2.23. The maximum absolute atomic E-state index is 5.80. The standard InChI is InChI=1S/C8H7ClN4O/c1-13-4-6(2-12-13)14-8-7(9)3-10-5-11-8/h2-5H,1H3. The predicted molar refractivity (Wildman–Crippen MR) is 50.3 cm³/mol. The average Bonchev–Trinajstić information content (AvgIpc) is 2.56. The van der Waals surface area contributed by atoms with Crippen molar-refractivity contribution in [3.05, 3.63) is 29.9 Å². The van der Waals surface area contributed by atoms with E-state index in [1.54, 1.807) is 24.1 Å². The molecule has 0 saturated carbocycles. The van der Waals surface area contributed by atoms with Crippen molar-refractivity contribution in [1.29, 1.82) is 0 Å². The summed E-state index contributed by atoms with van der Waals surface area (Å²) in [5.41, 5.74) is 0. The third-order valence-corrected chi connectivity index (χ3v) is 1.79. The predicted octanol–water partition coefficient (Wildman–Crippen LogP) is 1.66. The van der Waals surface area contributed by atoms with E-state index in [9.17, 15) is 0 Å². The summed E-state index contributed by atoms with van der Waals surface area (Å²) >= 11 is 5.80. The summed E-state index contributed by atoms with van der Waals surface area (Å²) < 4.78 is 6.99. The Labute approximate surface area is 85.3 Å². The lowest BCUT2D eigenvalue weighted by Gasteiger charge is -2.01. The topological polar surface area (TPSA) is 52.8 Å². The molecular formula is C8H7ClN4O. The van der Waals surface area contributed by atoms with Crippen molar-refractivity contribution in [3.63, 3.8) is 0 Å². The zero-order chi connectivity index (χ0) is 9.97. The Bertz CT molecular complexity index is 442. The molecule has 0 radical (unpaired) electrons. The van der Waals surface area contributed by atoms with Crippen LogP contribution in [0.3, 0.4) is 0 Å². The van der Waals surface area contributed by atoms with Gasteiger partial charge in [-0.2, -0.15) is 5.10 Å². The molecule has 0 atom stereocenters. The molecule has 0 saturated heterocycles. The highest BCUT2D eigenvalue weighted by Gasteiger charge is 2.04. The van der Waals surface area contributed by atoms with Crippen LogP contribution in [0.5, 0.6) is 11.6 Å². The van der Waals surface area contributed by atoms with E-state index < -0.39 is 0 Å². The third kappa shape index (κ3) is 1.82. The lowest BCUT2D eigenvalue weighted by Crippen LogP contribution is -1.88. The van der Waals surface area contributed by atoms with E-state index in [1.165, 1.54) is 12.5 Å². The van der Waals surface area contributed by atoms with Crippen molar-refractivity contribution in [2.75, 3.05) is 0 Å². The number of aromatic nitrogens is 4. The van der Waals surface area contributed by atoms with E-state index >= 15 is 0 Å². The van der Waals surface area contributed by atoms with Crippen LogP contribution in [0.15, 0.2) is 24.9 Å². The van der Waals surface area contributed by atoms with Crippen molar-refractivity contribution in [2.24, 2.45) is 7.05 Å². The molecule has 0 fully saturated rings. The summed E-state index contributed by atoms with van der Waals surface area (Å²) in [6.45, 7) is 0. The maximum atomic E-state index is 5.80. The first-order chi connectivity index (χ1) is 6.75. The summed E-state index contributed by atoms with van der Waals surface area (Å²) in [5, 5.41) is 4.32. The summed E-state index contributed by atoms with van der Waals surface area (Å²) in [4.78, 5) is 7.63. The van der Waals surface area contributed by atoms with Gasteiger partial charge in [-0.05, 0) is 0 Å². The molecule has 2 aromatic rings. The quantitative estimate of drug-likeness (QED) is 0.757. The van der Waals surface area contributed by atoms with Gasteiger partial charge in [-0.1, -0.05) is 11.6 Å². The highest BCUT2D eigenvalue weighted by Crippen LogP contribution is 2.24. The molecule has 0 aliphatic rings. The molecule has 2 rings (SSSR count). The minimum absolute atomic E-state index is 0.328. The molecule has 0 spiro atoms. The van der Waals surface area contributed by atoms with Crippen molar-refractivity contribution in [2.45, 2.75) is 0 Å². The SMILES string of the molecule is Cn1cc(Oc2ncncc2Cl)cn1. The molecule has 0 unspecified atom stereocenters. The van der Waals surface area contributed by atoms with Gasteiger partial charge in [0.15, 0.2) is 5.75 Å². The molecule has 5 nitrogen and oxygen atoms in total. The Morgan fingerprint density at radius 2 is 2.29 bits per heavy atom. The molecule has 72 valence electrons. The van der Waals surface area contributed by atoms with Crippen molar-refractivity contribution < 1.29 is 4.74 Å². The normalized spacial score (nSPS) is 10.1. The maximum Gasteiger partial charge on any atom is 0.241 e. The van der Waals surface area contributed by atoms with Gasteiger partial charge in [0.25, 0.3) is 0 Å². The number of aryl methyl sites for hydroxylation is 1. The fraction of sp³-hybridized carbons (Fsp3) is 0.125. The molecule has 14 heavy (non-hydrogen) atoms. The van der Waals surface area contributed by atoms with Crippen molar-refractivity contribution >= 4 is 11.6 Å². The first kappa shape index (κ1) is 8.96. The number of halogens is 1. The second-order valence-electron chi connectivity index (χ2n) is 2.63. The Hall–Kier alpha value is -1.62. The molecule has 0 N–H and O–H groups in total. The third-order valence-electron chi connectivity index (χ3n) is 1.53. The van der Waals surface area contributed by atoms with E-state index in [0.29, 0.717) is 16.7 Å². The fourth-order valence-electron chi connectivity index (χ4n) is 0.940. The smallest absolute Gasteiger partial charge is 0.241 e. The monoisotopic (exact) mass is 210 g/mol. The minimum Gasteiger partial charge on any atom is -0.434 e. The van der Waals surface area contributed by atoms with Gasteiger partial charge in [-0.15, -0.1) is 0 Å². The largest absolute Gasteiger partial charge is 0.434 e. The van der Waals surface area contributed by atoms with Gasteiger partial charge >= 0.3 is 0 Å². The summed E-state index contributed by atoms with van der Waals surface area (Å²) in [7, 11) is 1.80. The van der Waals surface area contributed by atoms with E-state index in [0.717, 1.165) is 0 Å². The molecule has 0 amide bonds. The fourth-order valence-corrected chi connectivity index (χ4v) is 1.08. The van der Waals surface area contributed by atoms with Gasteiger partial charge in [-0.3, -0.25) is 4.68 Å². The highest BCUT2D eigenvalue weighted by atomic mass is 35.5. The van der Waals surface area contributed by atoms with Crippen LogP contribution in [0.2, 0.25) is 5.02 Å². The summed E-state index contributed by atoms with van der Waals surface area (Å²) in [6, 6.07) is 0. The zero-order valence-electron chi connectivity index (χ0n) is 7.38. The van der Waals surface area contributed by atoms with Gasteiger partial charge in [0, 0.05) is 7.05 Å². The second kappa shape index (κ2) is 3.63. The van der Waals surface area contributed by atoms with Gasteiger partial charge in [0.2, 0.25) is 5.88 Å². The van der Waals surface area contributed by atoms with E-state index in [-0.39, 0.29) is 0 Å². The number of hydrogen-bond acceptors (Lipinski definition) is 4. The van der Waals surface area contributed by atoms with Crippen molar-refractivity contribution in [3.8, 4) is 11.6 Å². The molecule has 6 heteroatoms. The van der Waals surface area contributed by atoms with Crippen LogP contribution in [-0.4, -0.2) is 19.7 Å². The number of rotatable bonds is 2. The van der Waals surface area contributed by atoms with Crippen LogP contribution in [-0.2, 0) is 7.05 Å². The summed E-state index contributed by atoms with van der Waals surface area (Å²) in [6.07, 6.45) is 6.15. The van der Waals surface area contributed by atoms with Crippen LogP contribution in [0.25, 0.3) is 0 Å². The molecule has 0 aliphatic carbocycles. The second-order valence-corrected chi connectivity index (χ2v) is 3.03. The van der Waals surface area contributed by atoms with Crippen LogP contribution < -0.4 is 4.74 Å². The van der Waals surface area contributed by atoms with E-state index in [4.69, 9.17) is 16.3 Å². The van der Waals surface area contributed by atoms with Crippen LogP contribution in [0, 0.1) is 0 Å². The van der Waals surface area contributed by atoms with Gasteiger partial charge in [0.1, 0.15) is 11.3 Å². The molecule has 0 aromatic carbocycles. The van der Waals surface area contributed by atoms with E-state index in [1.807, 2.05) is 0 Å². The lowest BCUT2D eigenvalue weighted by atomic mass is 10.6. The van der Waals surface area contributed by atoms with Gasteiger partial charge in [-0.25, -0.2) is 9.97 Å². The number of nitrogens with zero attached hydrogens (tertiary/aromatic N) is 4. The molecule has 2 heterocycles. The lowest BCUT2D eigenvalue weighted by molar-refractivity contribution is 0.461. The van der Waals surface area contributed by atoms with Gasteiger partial charge < -0.3 is 4.74 Å². The highest BCUT2D eigenvalue weighted by molar-refractivity contribution is 6.31. The Morgan fingerprint density at radius 3 is 2.93 bits per heavy atom. The molecule has 0 bridgehead atoms. The zero-order valence-corrected chi connectivity index (χ0v) is 8.14. The number of hydrogen-bond donors (Lipinski definition) is 0. The first-order valence-corrected chi connectivity index (χ1v) is 4.25. The van der Waals surface area contributed by atoms with Crippen LogP contribution in [0.1, 0.15) is 0 Å². The summed E-state index contributed by atoms with van der Waals surface area (Å²) in [5.74, 6) is 0.919. The first-order valence-electron chi connectivity index (χ1n) is 3.88. The molecule has 0 aliphatic heterocycles. The molecular weight excluding hydrogens is 204 g/mol. The van der Waals surface area contributed by atoms with E-state index in [2.05, 4.69) is 15.1 Å². The Kier molecular flexibility index (Phi) is 2.32. The van der Waals surface area contributed by atoms with Crippen LogP contribution in [0.4, 0.5) is 0 Å². The van der Waals surface area contributed by atoms with Gasteiger partial charge in [0.05, 0.1) is 18.6 Å². The van der Waals surface area contributed by atoms with Crippen LogP contribution >= 0.6 is 11.6 Å². The van der Waals surface area contributed by atoms with Crippen molar-refractivity contribution in [1.82, 2.24) is 19.7 Å².